The first-order valence-electron chi connectivity index (χ1n) is 7.38. The molecule has 1 saturated heterocycles. The van der Waals surface area contributed by atoms with Crippen LogP contribution in [0.3, 0.4) is 0 Å². The lowest BCUT2D eigenvalue weighted by atomic mass is 10.2. The van der Waals surface area contributed by atoms with E-state index in [0.717, 1.165) is 6.26 Å². The minimum absolute atomic E-state index is 0.265. The highest BCUT2D eigenvalue weighted by Gasteiger charge is 2.36. The number of carbonyl (C=O) groups excluding carboxylic acids is 2. The molecule has 1 aromatic rings. The highest BCUT2D eigenvalue weighted by Crippen LogP contribution is 2.22. The fourth-order valence-corrected chi connectivity index (χ4v) is 3.69. The molecular weight excluding hydrogens is 320 g/mol. The number of carbonyl (C=O) groups is 2. The van der Waals surface area contributed by atoms with Gasteiger partial charge in [-0.2, -0.15) is 4.31 Å². The van der Waals surface area contributed by atoms with E-state index in [1.54, 1.807) is 25.1 Å². The van der Waals surface area contributed by atoms with Gasteiger partial charge in [0.2, 0.25) is 15.9 Å². The number of benzene rings is 1. The molecule has 1 N–H and O–H groups in total. The van der Waals surface area contributed by atoms with E-state index < -0.39 is 27.9 Å². The summed E-state index contributed by atoms with van der Waals surface area (Å²) in [4.78, 5) is 24.0. The zero-order valence-electron chi connectivity index (χ0n) is 13.1. The molecule has 0 unspecified atom stereocenters. The van der Waals surface area contributed by atoms with Gasteiger partial charge in [0.05, 0.1) is 18.4 Å². The number of hydrogen-bond donors (Lipinski definition) is 1. The summed E-state index contributed by atoms with van der Waals surface area (Å²) in [5.41, 5.74) is 0.761. The predicted octanol–water partition coefficient (Wildman–Crippen LogP) is 1.23. The maximum Gasteiger partial charge on any atom is 0.338 e. The second kappa shape index (κ2) is 7.10. The van der Waals surface area contributed by atoms with Crippen molar-refractivity contribution in [2.24, 2.45) is 0 Å². The van der Waals surface area contributed by atoms with Crippen molar-refractivity contribution in [2.45, 2.75) is 25.8 Å². The Bertz CT molecular complexity index is 702. The van der Waals surface area contributed by atoms with Crippen LogP contribution in [-0.4, -0.2) is 50.0 Å². The van der Waals surface area contributed by atoms with Gasteiger partial charge in [-0.3, -0.25) is 4.79 Å². The number of anilines is 1. The number of ether oxygens (including phenoxy) is 1. The lowest BCUT2D eigenvalue weighted by molar-refractivity contribution is -0.119. The van der Waals surface area contributed by atoms with Crippen LogP contribution < -0.4 is 5.32 Å². The van der Waals surface area contributed by atoms with E-state index in [1.807, 2.05) is 0 Å². The topological polar surface area (TPSA) is 92.8 Å². The highest BCUT2D eigenvalue weighted by molar-refractivity contribution is 7.88. The molecule has 126 valence electrons. The zero-order chi connectivity index (χ0) is 17.0. The molecule has 1 aromatic carbocycles. The van der Waals surface area contributed by atoms with Crippen LogP contribution in [0.5, 0.6) is 0 Å². The van der Waals surface area contributed by atoms with Gasteiger partial charge in [-0.1, -0.05) is 6.07 Å². The quantitative estimate of drug-likeness (QED) is 0.814. The molecule has 1 aliphatic heterocycles. The van der Waals surface area contributed by atoms with E-state index >= 15 is 0 Å². The van der Waals surface area contributed by atoms with Gasteiger partial charge in [0.15, 0.2) is 0 Å². The maximum absolute atomic E-state index is 12.3. The van der Waals surface area contributed by atoms with E-state index in [9.17, 15) is 18.0 Å². The molecule has 0 spiro atoms. The van der Waals surface area contributed by atoms with E-state index in [2.05, 4.69) is 5.32 Å². The number of sulfonamides is 1. The molecule has 0 saturated carbocycles. The third-order valence-electron chi connectivity index (χ3n) is 3.57. The van der Waals surface area contributed by atoms with Crippen molar-refractivity contribution < 1.29 is 22.7 Å². The summed E-state index contributed by atoms with van der Waals surface area (Å²) in [5.74, 6) is -0.865. The van der Waals surface area contributed by atoms with Crippen molar-refractivity contribution in [2.75, 3.05) is 24.7 Å². The van der Waals surface area contributed by atoms with Gasteiger partial charge < -0.3 is 10.1 Å². The van der Waals surface area contributed by atoms with Crippen molar-refractivity contribution in [1.82, 2.24) is 4.31 Å². The van der Waals surface area contributed by atoms with Gasteiger partial charge in [-0.05, 0) is 38.0 Å². The normalized spacial score (nSPS) is 18.6. The maximum atomic E-state index is 12.3. The van der Waals surface area contributed by atoms with E-state index in [1.165, 1.54) is 10.4 Å². The zero-order valence-corrected chi connectivity index (χ0v) is 13.9. The molecule has 1 atom stereocenters. The van der Waals surface area contributed by atoms with Crippen LogP contribution in [0.1, 0.15) is 30.1 Å². The number of hydrogen-bond acceptors (Lipinski definition) is 5. The van der Waals surface area contributed by atoms with Gasteiger partial charge in [0.1, 0.15) is 6.04 Å². The Labute approximate surface area is 135 Å². The van der Waals surface area contributed by atoms with Gasteiger partial charge in [-0.15, -0.1) is 0 Å². The van der Waals surface area contributed by atoms with E-state index in [0.29, 0.717) is 30.6 Å². The first-order valence-corrected chi connectivity index (χ1v) is 9.22. The summed E-state index contributed by atoms with van der Waals surface area (Å²) >= 11 is 0. The third-order valence-corrected chi connectivity index (χ3v) is 4.86. The average molecular weight is 340 g/mol. The molecule has 1 heterocycles. The van der Waals surface area contributed by atoms with Crippen molar-refractivity contribution >= 4 is 27.6 Å². The first kappa shape index (κ1) is 17.4. The minimum Gasteiger partial charge on any atom is -0.462 e. The van der Waals surface area contributed by atoms with Crippen molar-refractivity contribution in [3.8, 4) is 0 Å². The van der Waals surface area contributed by atoms with Crippen molar-refractivity contribution in [3.05, 3.63) is 29.8 Å². The summed E-state index contributed by atoms with van der Waals surface area (Å²) in [6.45, 7) is 2.32. The summed E-state index contributed by atoms with van der Waals surface area (Å²) in [6.07, 6.45) is 2.23. The molecule has 23 heavy (non-hydrogen) atoms. The fourth-order valence-electron chi connectivity index (χ4n) is 2.56. The fraction of sp³-hybridized carbons (Fsp3) is 0.467. The Hall–Kier alpha value is -1.93. The van der Waals surface area contributed by atoms with Crippen LogP contribution in [-0.2, 0) is 19.6 Å². The first-order chi connectivity index (χ1) is 10.8. The second-order valence-corrected chi connectivity index (χ2v) is 7.26. The largest absolute Gasteiger partial charge is 0.462 e. The lowest BCUT2D eigenvalue weighted by Gasteiger charge is -2.21. The number of nitrogens with zero attached hydrogens (tertiary/aromatic N) is 1. The molecule has 1 fully saturated rings. The van der Waals surface area contributed by atoms with Crippen LogP contribution >= 0.6 is 0 Å². The molecule has 2 rings (SSSR count). The Morgan fingerprint density at radius 2 is 2.13 bits per heavy atom. The summed E-state index contributed by atoms with van der Waals surface area (Å²) in [7, 11) is -3.42. The molecule has 1 amide bonds. The molecular formula is C15H20N2O5S. The molecule has 0 bridgehead atoms. The van der Waals surface area contributed by atoms with Crippen LogP contribution in [0.2, 0.25) is 0 Å². The Morgan fingerprint density at radius 1 is 1.39 bits per heavy atom. The van der Waals surface area contributed by atoms with Crippen molar-refractivity contribution in [1.29, 1.82) is 0 Å². The predicted molar refractivity (Wildman–Crippen MR) is 85.6 cm³/mol. The van der Waals surface area contributed by atoms with Gasteiger partial charge in [0, 0.05) is 12.2 Å². The van der Waals surface area contributed by atoms with Crippen LogP contribution in [0, 0.1) is 0 Å². The van der Waals surface area contributed by atoms with Crippen molar-refractivity contribution in [3.63, 3.8) is 0 Å². The minimum atomic E-state index is -3.42. The third kappa shape index (κ3) is 4.29. The van der Waals surface area contributed by atoms with Crippen LogP contribution in [0.4, 0.5) is 5.69 Å². The van der Waals surface area contributed by atoms with Crippen LogP contribution in [0.15, 0.2) is 24.3 Å². The van der Waals surface area contributed by atoms with E-state index in [4.69, 9.17) is 4.74 Å². The number of esters is 1. The molecule has 8 heteroatoms. The molecule has 0 aliphatic carbocycles. The van der Waals surface area contributed by atoms with Crippen LogP contribution in [0.25, 0.3) is 0 Å². The SMILES string of the molecule is CCOC(=O)c1cccc(NC(=O)[C@@H]2CCCN2S(C)(=O)=O)c1. The smallest absolute Gasteiger partial charge is 0.338 e. The standard InChI is InChI=1S/C15H20N2O5S/c1-3-22-15(19)11-6-4-7-12(10-11)16-14(18)13-8-5-9-17(13)23(2,20)21/h4,6-7,10,13H,3,5,8-9H2,1-2H3,(H,16,18)/t13-/m0/s1. The van der Waals surface area contributed by atoms with Gasteiger partial charge in [-0.25, -0.2) is 13.2 Å². The van der Waals surface area contributed by atoms with Gasteiger partial charge >= 0.3 is 5.97 Å². The van der Waals surface area contributed by atoms with Gasteiger partial charge in [0.25, 0.3) is 0 Å². The average Bonchev–Trinajstić information content (AvgIpc) is 2.97. The Kier molecular flexibility index (Phi) is 5.38. The Balaban J connectivity index is 2.11. The molecule has 1 aliphatic rings. The molecule has 0 radical (unpaired) electrons. The lowest BCUT2D eigenvalue weighted by Crippen LogP contribution is -2.42. The summed E-state index contributed by atoms with van der Waals surface area (Å²) in [6, 6.07) is 5.66. The molecule has 0 aromatic heterocycles. The summed E-state index contributed by atoms with van der Waals surface area (Å²) < 4.78 is 29.5. The molecule has 7 nitrogen and oxygen atoms in total. The van der Waals surface area contributed by atoms with E-state index in [-0.39, 0.29) is 6.61 Å². The second-order valence-electron chi connectivity index (χ2n) is 5.32. The summed E-state index contributed by atoms with van der Waals surface area (Å²) in [5, 5.41) is 2.67. The Morgan fingerprint density at radius 3 is 2.78 bits per heavy atom. The highest BCUT2D eigenvalue weighted by atomic mass is 32.2. The number of nitrogens with one attached hydrogen (secondary N) is 1. The number of rotatable bonds is 5. The number of amides is 1. The monoisotopic (exact) mass is 340 g/mol.